The van der Waals surface area contributed by atoms with Crippen LogP contribution < -0.4 is 9.47 Å². The monoisotopic (exact) mass is 482 g/mol. The molecule has 1 N–H and O–H groups in total. The maximum Gasteiger partial charge on any atom is 0.511 e. The van der Waals surface area contributed by atoms with Crippen molar-refractivity contribution in [2.45, 2.75) is 6.61 Å². The predicted molar refractivity (Wildman–Crippen MR) is 141 cm³/mol. The molecule has 184 valence electrons. The number of piperazine rings is 1. The van der Waals surface area contributed by atoms with Gasteiger partial charge in [0.05, 0.1) is 0 Å². The molecular formula is C30H30N2O4. The van der Waals surface area contributed by atoms with Gasteiger partial charge < -0.3 is 14.6 Å². The zero-order chi connectivity index (χ0) is 24.7. The van der Waals surface area contributed by atoms with E-state index < -0.39 is 6.16 Å². The summed E-state index contributed by atoms with van der Waals surface area (Å²) in [5.74, 6) is 1.01. The molecule has 0 radical (unpaired) electrons. The van der Waals surface area contributed by atoms with Gasteiger partial charge in [-0.1, -0.05) is 72.8 Å². The fraction of sp³-hybridized carbons (Fsp3) is 0.233. The second-order valence-electron chi connectivity index (χ2n) is 9.00. The lowest BCUT2D eigenvalue weighted by Gasteiger charge is -2.33. The van der Waals surface area contributed by atoms with E-state index in [1.165, 1.54) is 5.56 Å². The van der Waals surface area contributed by atoms with Gasteiger partial charge in [-0.05, 0) is 40.5 Å². The standard InChI is InChI=1S/C30H30N2O4/c33-30(34)36-25-12-13-29-28(21-25)27(26-11-5-4-10-24(26)22-35-29)14-16-32-19-17-31(18-20-32)15-6-9-23-7-2-1-3-8-23/h1-14,21H,15-20,22H2,(H,33,34). The largest absolute Gasteiger partial charge is 0.511 e. The van der Waals surface area contributed by atoms with Crippen LogP contribution in [0.2, 0.25) is 0 Å². The molecule has 3 aromatic rings. The third-order valence-corrected chi connectivity index (χ3v) is 6.63. The van der Waals surface area contributed by atoms with Crippen molar-refractivity contribution in [3.05, 3.63) is 107 Å². The van der Waals surface area contributed by atoms with E-state index in [0.717, 1.165) is 67.3 Å². The third kappa shape index (κ3) is 5.85. The minimum absolute atomic E-state index is 0.285. The fourth-order valence-electron chi connectivity index (χ4n) is 4.72. The molecule has 0 aromatic heterocycles. The molecule has 36 heavy (non-hydrogen) atoms. The lowest BCUT2D eigenvalue weighted by atomic mass is 9.94. The molecule has 0 aliphatic carbocycles. The first-order valence-corrected chi connectivity index (χ1v) is 12.3. The van der Waals surface area contributed by atoms with Crippen molar-refractivity contribution in [3.63, 3.8) is 0 Å². The molecule has 6 nitrogen and oxygen atoms in total. The Morgan fingerprint density at radius 2 is 1.61 bits per heavy atom. The number of hydrogen-bond donors (Lipinski definition) is 1. The Kier molecular flexibility index (Phi) is 7.45. The van der Waals surface area contributed by atoms with Crippen molar-refractivity contribution < 1.29 is 19.4 Å². The molecule has 2 aliphatic rings. The Morgan fingerprint density at radius 1 is 0.889 bits per heavy atom. The van der Waals surface area contributed by atoms with Crippen LogP contribution >= 0.6 is 0 Å². The van der Waals surface area contributed by atoms with Gasteiger partial charge >= 0.3 is 6.16 Å². The number of nitrogens with zero attached hydrogens (tertiary/aromatic N) is 2. The first kappa shape index (κ1) is 23.9. The maximum absolute atomic E-state index is 11.1. The highest BCUT2D eigenvalue weighted by molar-refractivity contribution is 5.85. The number of carbonyl (C=O) groups is 1. The predicted octanol–water partition coefficient (Wildman–Crippen LogP) is 5.40. The van der Waals surface area contributed by atoms with E-state index in [-0.39, 0.29) is 5.75 Å². The van der Waals surface area contributed by atoms with Crippen molar-refractivity contribution in [2.75, 3.05) is 39.3 Å². The van der Waals surface area contributed by atoms with E-state index >= 15 is 0 Å². The summed E-state index contributed by atoms with van der Waals surface area (Å²) < 4.78 is 11.0. The van der Waals surface area contributed by atoms with E-state index in [4.69, 9.17) is 14.6 Å². The second-order valence-corrected chi connectivity index (χ2v) is 9.00. The second kappa shape index (κ2) is 11.2. The summed E-state index contributed by atoms with van der Waals surface area (Å²) in [6.45, 7) is 6.26. The van der Waals surface area contributed by atoms with Gasteiger partial charge in [0.2, 0.25) is 0 Å². The van der Waals surface area contributed by atoms with Gasteiger partial charge in [0.15, 0.2) is 0 Å². The molecule has 0 bridgehead atoms. The number of fused-ring (bicyclic) bond motifs is 2. The van der Waals surface area contributed by atoms with Crippen LogP contribution in [0.4, 0.5) is 4.79 Å². The number of benzene rings is 3. The van der Waals surface area contributed by atoms with Crippen LogP contribution in [0.25, 0.3) is 11.6 Å². The van der Waals surface area contributed by atoms with E-state index in [1.54, 1.807) is 18.2 Å². The summed E-state index contributed by atoms with van der Waals surface area (Å²) in [5, 5.41) is 9.07. The molecule has 1 fully saturated rings. The average Bonchev–Trinajstić information content (AvgIpc) is 3.05. The summed E-state index contributed by atoms with van der Waals surface area (Å²) in [6.07, 6.45) is 5.33. The van der Waals surface area contributed by atoms with Crippen molar-refractivity contribution in [3.8, 4) is 11.5 Å². The van der Waals surface area contributed by atoms with Crippen LogP contribution in [0, 0.1) is 0 Å². The molecule has 0 unspecified atom stereocenters. The topological polar surface area (TPSA) is 62.2 Å². The van der Waals surface area contributed by atoms with Gasteiger partial charge in [0.1, 0.15) is 18.1 Å². The molecule has 5 rings (SSSR count). The lowest BCUT2D eigenvalue weighted by Crippen LogP contribution is -2.46. The fourth-order valence-corrected chi connectivity index (χ4v) is 4.72. The van der Waals surface area contributed by atoms with Gasteiger partial charge in [-0.25, -0.2) is 4.79 Å². The molecule has 6 heteroatoms. The number of hydrogen-bond acceptors (Lipinski definition) is 5. The Bertz CT molecular complexity index is 1260. The van der Waals surface area contributed by atoms with E-state index in [2.05, 4.69) is 64.4 Å². The molecular weight excluding hydrogens is 452 g/mol. The Morgan fingerprint density at radius 3 is 2.39 bits per heavy atom. The Labute approximate surface area is 211 Å². The summed E-state index contributed by atoms with van der Waals surface area (Å²) in [5.41, 5.74) is 5.34. The zero-order valence-corrected chi connectivity index (χ0v) is 20.2. The smallest absolute Gasteiger partial charge is 0.488 e. The van der Waals surface area contributed by atoms with E-state index in [1.807, 2.05) is 18.2 Å². The van der Waals surface area contributed by atoms with E-state index in [9.17, 15) is 4.79 Å². The van der Waals surface area contributed by atoms with E-state index in [0.29, 0.717) is 6.61 Å². The van der Waals surface area contributed by atoms with Crippen molar-refractivity contribution in [1.82, 2.24) is 9.80 Å². The molecule has 0 spiro atoms. The highest BCUT2D eigenvalue weighted by atomic mass is 16.7. The molecule has 2 aliphatic heterocycles. The third-order valence-electron chi connectivity index (χ3n) is 6.63. The van der Waals surface area contributed by atoms with Gasteiger partial charge in [0.25, 0.3) is 0 Å². The number of carboxylic acid groups (broad SMARTS) is 1. The molecule has 1 saturated heterocycles. The SMILES string of the molecule is O=C(O)Oc1ccc2c(c1)C(=CCN1CCN(CC=Cc3ccccc3)CC1)c1ccccc1CO2. The molecule has 0 amide bonds. The van der Waals surface area contributed by atoms with Gasteiger partial charge in [-0.2, -0.15) is 0 Å². The molecule has 3 aromatic carbocycles. The Balaban J connectivity index is 1.29. The summed E-state index contributed by atoms with van der Waals surface area (Å²) >= 11 is 0. The highest BCUT2D eigenvalue weighted by Crippen LogP contribution is 2.38. The van der Waals surface area contributed by atoms with Crippen molar-refractivity contribution >= 4 is 17.8 Å². The molecule has 2 heterocycles. The summed E-state index contributed by atoms with van der Waals surface area (Å²) in [6, 6.07) is 23.8. The van der Waals surface area contributed by atoms with Gasteiger partial charge in [0, 0.05) is 44.8 Å². The van der Waals surface area contributed by atoms with Crippen LogP contribution in [-0.4, -0.2) is 60.3 Å². The van der Waals surface area contributed by atoms with Crippen molar-refractivity contribution in [2.24, 2.45) is 0 Å². The average molecular weight is 483 g/mol. The van der Waals surface area contributed by atoms with Crippen LogP contribution in [-0.2, 0) is 6.61 Å². The first-order valence-electron chi connectivity index (χ1n) is 12.3. The summed E-state index contributed by atoms with van der Waals surface area (Å²) in [4.78, 5) is 16.0. The summed E-state index contributed by atoms with van der Waals surface area (Å²) in [7, 11) is 0. The quantitative estimate of drug-likeness (QED) is 0.375. The normalized spacial score (nSPS) is 17.3. The molecule has 0 atom stereocenters. The van der Waals surface area contributed by atoms with Crippen LogP contribution in [0.5, 0.6) is 11.5 Å². The number of rotatable bonds is 6. The molecule has 0 saturated carbocycles. The minimum Gasteiger partial charge on any atom is -0.488 e. The first-order chi connectivity index (χ1) is 17.7. The Hall–Kier alpha value is -3.87. The minimum atomic E-state index is -1.33. The number of ether oxygens (including phenoxy) is 2. The maximum atomic E-state index is 11.1. The highest BCUT2D eigenvalue weighted by Gasteiger charge is 2.21. The lowest BCUT2D eigenvalue weighted by molar-refractivity contribution is 0.144. The zero-order valence-electron chi connectivity index (χ0n) is 20.2. The van der Waals surface area contributed by atoms with Crippen LogP contribution in [0.1, 0.15) is 22.3 Å². The van der Waals surface area contributed by atoms with Crippen molar-refractivity contribution in [1.29, 1.82) is 0 Å². The van der Waals surface area contributed by atoms with Crippen LogP contribution in [0.3, 0.4) is 0 Å². The van der Waals surface area contributed by atoms with Gasteiger partial charge in [-0.3, -0.25) is 9.80 Å². The van der Waals surface area contributed by atoms with Crippen LogP contribution in [0.15, 0.2) is 84.9 Å². The van der Waals surface area contributed by atoms with Gasteiger partial charge in [-0.15, -0.1) is 0 Å².